The smallest absolute Gasteiger partial charge is 0.0216 e. The third kappa shape index (κ3) is 4.78. The molecule has 0 amide bonds. The predicted octanol–water partition coefficient (Wildman–Crippen LogP) is 2.57. The Labute approximate surface area is 97.3 Å². The second-order valence-corrected chi connectivity index (χ2v) is 4.68. The second-order valence-electron chi connectivity index (χ2n) is 3.90. The summed E-state index contributed by atoms with van der Waals surface area (Å²) in [4.78, 5) is 2.45. The lowest BCUT2D eigenvalue weighted by atomic mass is 10.2. The predicted molar refractivity (Wildman–Crippen MR) is 68.4 cm³/mol. The number of rotatable bonds is 7. The molecule has 0 aromatic carbocycles. The molecule has 1 aromatic heterocycles. The third-order valence-corrected chi connectivity index (χ3v) is 3.39. The van der Waals surface area contributed by atoms with Gasteiger partial charge in [0.2, 0.25) is 0 Å². The molecule has 0 aliphatic heterocycles. The first-order valence-corrected chi connectivity index (χ1v) is 6.67. The average Bonchev–Trinajstić information content (AvgIpc) is 2.75. The highest BCUT2D eigenvalue weighted by Crippen LogP contribution is 2.05. The summed E-state index contributed by atoms with van der Waals surface area (Å²) in [6, 6.07) is 2.74. The van der Waals surface area contributed by atoms with E-state index in [1.807, 2.05) is 0 Å². The van der Waals surface area contributed by atoms with Crippen LogP contribution in [0.5, 0.6) is 0 Å². The normalized spacial score (nSPS) is 13.3. The molecule has 1 atom stereocenters. The third-order valence-electron chi connectivity index (χ3n) is 2.66. The fourth-order valence-electron chi connectivity index (χ4n) is 1.62. The molecule has 0 fully saturated rings. The van der Waals surface area contributed by atoms with Crippen molar-refractivity contribution < 1.29 is 0 Å². The number of nitrogens with one attached hydrogen (secondary N) is 1. The van der Waals surface area contributed by atoms with Crippen molar-refractivity contribution in [3.8, 4) is 0 Å². The van der Waals surface area contributed by atoms with Gasteiger partial charge in [0.1, 0.15) is 0 Å². The van der Waals surface area contributed by atoms with Crippen LogP contribution in [0.2, 0.25) is 0 Å². The van der Waals surface area contributed by atoms with Crippen LogP contribution in [0.3, 0.4) is 0 Å². The molecule has 0 saturated carbocycles. The SMILES string of the molecule is CCN(CC)CC(C)NCc1ccsc1. The van der Waals surface area contributed by atoms with E-state index in [4.69, 9.17) is 0 Å². The molecule has 3 heteroatoms. The minimum Gasteiger partial charge on any atom is -0.309 e. The van der Waals surface area contributed by atoms with Crippen molar-refractivity contribution >= 4 is 11.3 Å². The molecule has 0 radical (unpaired) electrons. The van der Waals surface area contributed by atoms with Crippen molar-refractivity contribution in [2.45, 2.75) is 33.4 Å². The van der Waals surface area contributed by atoms with Crippen LogP contribution in [0, 0.1) is 0 Å². The summed E-state index contributed by atoms with van der Waals surface area (Å²) in [6.07, 6.45) is 0. The van der Waals surface area contributed by atoms with Crippen LogP contribution in [-0.4, -0.2) is 30.6 Å². The van der Waals surface area contributed by atoms with E-state index >= 15 is 0 Å². The Kier molecular flexibility index (Phi) is 5.91. The minimum absolute atomic E-state index is 0.560. The van der Waals surface area contributed by atoms with Crippen LogP contribution in [0.1, 0.15) is 26.3 Å². The Morgan fingerprint density at radius 2 is 2.13 bits per heavy atom. The van der Waals surface area contributed by atoms with Gasteiger partial charge >= 0.3 is 0 Å². The Morgan fingerprint density at radius 1 is 1.40 bits per heavy atom. The molecule has 0 aliphatic rings. The fourth-order valence-corrected chi connectivity index (χ4v) is 2.29. The molecule has 2 nitrogen and oxygen atoms in total. The number of thiophene rings is 1. The summed E-state index contributed by atoms with van der Waals surface area (Å²) >= 11 is 1.76. The lowest BCUT2D eigenvalue weighted by molar-refractivity contribution is 0.271. The van der Waals surface area contributed by atoms with Crippen molar-refractivity contribution in [1.82, 2.24) is 10.2 Å². The minimum atomic E-state index is 0.560. The lowest BCUT2D eigenvalue weighted by Gasteiger charge is -2.23. The summed E-state index contributed by atoms with van der Waals surface area (Å²) in [7, 11) is 0. The zero-order valence-electron chi connectivity index (χ0n) is 9.99. The zero-order valence-corrected chi connectivity index (χ0v) is 10.8. The quantitative estimate of drug-likeness (QED) is 0.769. The van der Waals surface area contributed by atoms with E-state index in [9.17, 15) is 0 Å². The zero-order chi connectivity index (χ0) is 11.1. The van der Waals surface area contributed by atoms with Crippen LogP contribution in [0.15, 0.2) is 16.8 Å². The van der Waals surface area contributed by atoms with E-state index in [0.717, 1.165) is 26.2 Å². The molecular formula is C12H22N2S. The fraction of sp³-hybridized carbons (Fsp3) is 0.667. The van der Waals surface area contributed by atoms with Crippen molar-refractivity contribution in [2.75, 3.05) is 19.6 Å². The van der Waals surface area contributed by atoms with Gasteiger partial charge in [0.15, 0.2) is 0 Å². The highest BCUT2D eigenvalue weighted by atomic mass is 32.1. The molecule has 0 bridgehead atoms. The maximum Gasteiger partial charge on any atom is 0.0216 e. The summed E-state index contributed by atoms with van der Waals surface area (Å²) in [5.74, 6) is 0. The first-order valence-electron chi connectivity index (χ1n) is 5.73. The molecule has 0 saturated heterocycles. The topological polar surface area (TPSA) is 15.3 Å². The highest BCUT2D eigenvalue weighted by molar-refractivity contribution is 7.07. The van der Waals surface area contributed by atoms with Gasteiger partial charge in [-0.1, -0.05) is 13.8 Å². The first kappa shape index (κ1) is 12.7. The van der Waals surface area contributed by atoms with Crippen LogP contribution in [0.4, 0.5) is 0 Å². The Bertz CT molecular complexity index is 242. The molecular weight excluding hydrogens is 204 g/mol. The average molecular weight is 226 g/mol. The van der Waals surface area contributed by atoms with Crippen molar-refractivity contribution in [2.24, 2.45) is 0 Å². The van der Waals surface area contributed by atoms with Gasteiger partial charge in [0.25, 0.3) is 0 Å². The van der Waals surface area contributed by atoms with E-state index in [0.29, 0.717) is 6.04 Å². The van der Waals surface area contributed by atoms with Crippen molar-refractivity contribution in [3.05, 3.63) is 22.4 Å². The Morgan fingerprint density at radius 3 is 2.67 bits per heavy atom. The maximum atomic E-state index is 3.55. The first-order chi connectivity index (χ1) is 7.26. The highest BCUT2D eigenvalue weighted by Gasteiger charge is 2.06. The van der Waals surface area contributed by atoms with Gasteiger partial charge in [0.05, 0.1) is 0 Å². The van der Waals surface area contributed by atoms with E-state index in [-0.39, 0.29) is 0 Å². The molecule has 0 aliphatic carbocycles. The molecule has 1 unspecified atom stereocenters. The van der Waals surface area contributed by atoms with Gasteiger partial charge in [-0.3, -0.25) is 0 Å². The summed E-state index contributed by atoms with van der Waals surface area (Å²) in [5, 5.41) is 7.89. The number of nitrogens with zero attached hydrogens (tertiary/aromatic N) is 1. The lowest BCUT2D eigenvalue weighted by Crippen LogP contribution is -2.38. The monoisotopic (exact) mass is 226 g/mol. The molecule has 1 aromatic rings. The van der Waals surface area contributed by atoms with Gasteiger partial charge in [-0.15, -0.1) is 0 Å². The second kappa shape index (κ2) is 6.99. The van der Waals surface area contributed by atoms with E-state index in [2.05, 4.69) is 47.8 Å². The molecule has 1 N–H and O–H groups in total. The summed E-state index contributed by atoms with van der Waals surface area (Å²) in [6.45, 7) is 11.1. The van der Waals surface area contributed by atoms with E-state index in [1.165, 1.54) is 5.56 Å². The molecule has 1 heterocycles. The van der Waals surface area contributed by atoms with E-state index in [1.54, 1.807) is 11.3 Å². The Balaban J connectivity index is 2.21. The molecule has 1 rings (SSSR count). The number of likely N-dealkylation sites (N-methyl/N-ethyl adjacent to an activating group) is 1. The van der Waals surface area contributed by atoms with Gasteiger partial charge in [-0.05, 0) is 42.4 Å². The van der Waals surface area contributed by atoms with Crippen LogP contribution < -0.4 is 5.32 Å². The van der Waals surface area contributed by atoms with Crippen LogP contribution >= 0.6 is 11.3 Å². The Hall–Kier alpha value is -0.380. The summed E-state index contributed by atoms with van der Waals surface area (Å²) in [5.41, 5.74) is 1.39. The van der Waals surface area contributed by atoms with Crippen molar-refractivity contribution in [3.63, 3.8) is 0 Å². The number of hydrogen-bond donors (Lipinski definition) is 1. The van der Waals surface area contributed by atoms with Crippen LogP contribution in [-0.2, 0) is 6.54 Å². The number of hydrogen-bond acceptors (Lipinski definition) is 3. The van der Waals surface area contributed by atoms with E-state index < -0.39 is 0 Å². The maximum absolute atomic E-state index is 3.55. The molecule has 0 spiro atoms. The van der Waals surface area contributed by atoms with Crippen LogP contribution in [0.25, 0.3) is 0 Å². The van der Waals surface area contributed by atoms with Crippen molar-refractivity contribution in [1.29, 1.82) is 0 Å². The standard InChI is InChI=1S/C12H22N2S/c1-4-14(5-2)9-11(3)13-8-12-6-7-15-10-12/h6-7,10-11,13H,4-5,8-9H2,1-3H3. The van der Waals surface area contributed by atoms with Gasteiger partial charge in [0, 0.05) is 19.1 Å². The van der Waals surface area contributed by atoms with Gasteiger partial charge in [-0.2, -0.15) is 11.3 Å². The van der Waals surface area contributed by atoms with Gasteiger partial charge in [-0.25, -0.2) is 0 Å². The molecule has 86 valence electrons. The molecule has 15 heavy (non-hydrogen) atoms. The van der Waals surface area contributed by atoms with Gasteiger partial charge < -0.3 is 10.2 Å². The summed E-state index contributed by atoms with van der Waals surface area (Å²) < 4.78 is 0. The largest absolute Gasteiger partial charge is 0.309 e.